The molecule has 0 amide bonds. The van der Waals surface area contributed by atoms with E-state index in [1.54, 1.807) is 0 Å². The molecule has 21 heavy (non-hydrogen) atoms. The first-order valence-electron chi connectivity index (χ1n) is 8.53. The van der Waals surface area contributed by atoms with Gasteiger partial charge in [-0.1, -0.05) is 36.8 Å². The van der Waals surface area contributed by atoms with Gasteiger partial charge in [-0.05, 0) is 31.9 Å². The van der Waals surface area contributed by atoms with Crippen molar-refractivity contribution in [3.8, 4) is 0 Å². The molecule has 3 heteroatoms. The highest BCUT2D eigenvalue weighted by Gasteiger charge is 2.28. The van der Waals surface area contributed by atoms with Gasteiger partial charge in [-0.25, -0.2) is 0 Å². The van der Waals surface area contributed by atoms with Crippen LogP contribution in [-0.2, 0) is 6.54 Å². The zero-order valence-electron chi connectivity index (χ0n) is 13.3. The number of nitrogens with one attached hydrogen (secondary N) is 1. The van der Waals surface area contributed by atoms with Gasteiger partial charge in [0.1, 0.15) is 0 Å². The normalized spacial score (nSPS) is 28.6. The lowest BCUT2D eigenvalue weighted by atomic mass is 9.89. The van der Waals surface area contributed by atoms with Crippen molar-refractivity contribution in [1.29, 1.82) is 0 Å². The molecule has 0 spiro atoms. The lowest BCUT2D eigenvalue weighted by molar-refractivity contribution is 0.0693. The Morgan fingerprint density at radius 2 is 1.81 bits per heavy atom. The molecule has 116 valence electrons. The van der Waals surface area contributed by atoms with Crippen LogP contribution in [0.1, 0.15) is 31.2 Å². The van der Waals surface area contributed by atoms with Crippen LogP contribution < -0.4 is 5.32 Å². The Kier molecular flexibility index (Phi) is 5.28. The third-order valence-corrected chi connectivity index (χ3v) is 5.23. The van der Waals surface area contributed by atoms with Gasteiger partial charge in [0.15, 0.2) is 0 Å². The van der Waals surface area contributed by atoms with Crippen molar-refractivity contribution in [2.45, 2.75) is 44.3 Å². The molecule has 0 radical (unpaired) electrons. The molecule has 1 N–H and O–H groups in total. The quantitative estimate of drug-likeness (QED) is 0.917. The van der Waals surface area contributed by atoms with Crippen molar-refractivity contribution in [3.63, 3.8) is 0 Å². The summed E-state index contributed by atoms with van der Waals surface area (Å²) in [5.41, 5.74) is 1.44. The Morgan fingerprint density at radius 3 is 2.52 bits per heavy atom. The third-order valence-electron chi connectivity index (χ3n) is 5.23. The molecular weight excluding hydrogens is 258 g/mol. The van der Waals surface area contributed by atoms with E-state index >= 15 is 0 Å². The van der Waals surface area contributed by atoms with Crippen molar-refractivity contribution in [2.75, 3.05) is 33.2 Å². The molecule has 2 aliphatic rings. The maximum atomic E-state index is 3.48. The average molecular weight is 287 g/mol. The van der Waals surface area contributed by atoms with E-state index in [1.807, 2.05) is 0 Å². The van der Waals surface area contributed by atoms with Gasteiger partial charge in [0.05, 0.1) is 0 Å². The second kappa shape index (κ2) is 7.39. The van der Waals surface area contributed by atoms with E-state index in [0.29, 0.717) is 0 Å². The minimum Gasteiger partial charge on any atom is -0.317 e. The van der Waals surface area contributed by atoms with Gasteiger partial charge < -0.3 is 5.32 Å². The smallest absolute Gasteiger partial charge is 0.0234 e. The van der Waals surface area contributed by atoms with Crippen LogP contribution in [0.15, 0.2) is 30.3 Å². The van der Waals surface area contributed by atoms with Crippen LogP contribution in [-0.4, -0.2) is 55.1 Å². The SMILES string of the molecule is CN[C@@H]1CCCC(N2CCN(Cc3ccccc3)CC2)C1. The zero-order valence-corrected chi connectivity index (χ0v) is 13.3. The molecule has 1 heterocycles. The van der Waals surface area contributed by atoms with E-state index < -0.39 is 0 Å². The number of benzene rings is 1. The number of hydrogen-bond donors (Lipinski definition) is 1. The Morgan fingerprint density at radius 1 is 1.05 bits per heavy atom. The molecule has 0 bridgehead atoms. The van der Waals surface area contributed by atoms with Gasteiger partial charge in [0.25, 0.3) is 0 Å². The molecule has 0 aromatic heterocycles. The lowest BCUT2D eigenvalue weighted by Crippen LogP contribution is -2.52. The molecule has 1 aliphatic carbocycles. The van der Waals surface area contributed by atoms with E-state index in [1.165, 1.54) is 57.4 Å². The van der Waals surface area contributed by atoms with Gasteiger partial charge in [0.2, 0.25) is 0 Å². The molecule has 2 atom stereocenters. The van der Waals surface area contributed by atoms with Crippen LogP contribution in [0.5, 0.6) is 0 Å². The summed E-state index contributed by atoms with van der Waals surface area (Å²) in [4.78, 5) is 5.34. The van der Waals surface area contributed by atoms with Gasteiger partial charge in [-0.3, -0.25) is 9.80 Å². The minimum absolute atomic E-state index is 0.742. The Labute approximate surface area is 129 Å². The second-order valence-corrected chi connectivity index (χ2v) is 6.60. The fraction of sp³-hybridized carbons (Fsp3) is 0.667. The van der Waals surface area contributed by atoms with E-state index in [4.69, 9.17) is 0 Å². The first kappa shape index (κ1) is 15.0. The summed E-state index contributed by atoms with van der Waals surface area (Å²) in [6.45, 7) is 6.03. The van der Waals surface area contributed by atoms with Gasteiger partial charge in [-0.15, -0.1) is 0 Å². The molecule has 1 aliphatic heterocycles. The number of nitrogens with zero attached hydrogens (tertiary/aromatic N) is 2. The van der Waals surface area contributed by atoms with E-state index in [-0.39, 0.29) is 0 Å². The van der Waals surface area contributed by atoms with Crippen LogP contribution in [0.3, 0.4) is 0 Å². The summed E-state index contributed by atoms with van der Waals surface area (Å²) in [6.07, 6.45) is 5.49. The van der Waals surface area contributed by atoms with E-state index in [0.717, 1.165) is 18.6 Å². The van der Waals surface area contributed by atoms with Crippen molar-refractivity contribution >= 4 is 0 Å². The summed E-state index contributed by atoms with van der Waals surface area (Å²) >= 11 is 0. The molecule has 1 aromatic rings. The summed E-state index contributed by atoms with van der Waals surface area (Å²) in [5, 5.41) is 3.48. The standard InChI is InChI=1S/C18H29N3/c1-19-17-8-5-9-18(14-17)21-12-10-20(11-13-21)15-16-6-3-2-4-7-16/h2-4,6-7,17-19H,5,8-15H2,1H3/t17-,18?/m1/s1. The number of hydrogen-bond acceptors (Lipinski definition) is 3. The van der Waals surface area contributed by atoms with E-state index in [2.05, 4.69) is 52.5 Å². The van der Waals surface area contributed by atoms with Crippen molar-refractivity contribution in [1.82, 2.24) is 15.1 Å². The second-order valence-electron chi connectivity index (χ2n) is 6.60. The Bertz CT molecular complexity index is 412. The first-order chi connectivity index (χ1) is 10.3. The highest BCUT2D eigenvalue weighted by Crippen LogP contribution is 2.24. The molecule has 1 saturated carbocycles. The largest absolute Gasteiger partial charge is 0.317 e. The summed E-state index contributed by atoms with van der Waals surface area (Å²) in [5.74, 6) is 0. The van der Waals surface area contributed by atoms with E-state index in [9.17, 15) is 0 Å². The highest BCUT2D eigenvalue weighted by molar-refractivity contribution is 5.14. The van der Waals surface area contributed by atoms with Crippen LogP contribution in [0, 0.1) is 0 Å². The zero-order chi connectivity index (χ0) is 14.5. The van der Waals surface area contributed by atoms with Crippen LogP contribution >= 0.6 is 0 Å². The van der Waals surface area contributed by atoms with Crippen LogP contribution in [0.25, 0.3) is 0 Å². The van der Waals surface area contributed by atoms with Crippen molar-refractivity contribution < 1.29 is 0 Å². The van der Waals surface area contributed by atoms with Gasteiger partial charge in [0, 0.05) is 44.8 Å². The summed E-state index contributed by atoms with van der Waals surface area (Å²) in [6, 6.07) is 12.4. The predicted octanol–water partition coefficient (Wildman–Crippen LogP) is 2.33. The number of piperazine rings is 1. The number of rotatable bonds is 4. The molecular formula is C18H29N3. The highest BCUT2D eigenvalue weighted by atomic mass is 15.3. The average Bonchev–Trinajstić information content (AvgIpc) is 2.56. The van der Waals surface area contributed by atoms with Crippen LogP contribution in [0.2, 0.25) is 0 Å². The Hall–Kier alpha value is -0.900. The molecule has 1 unspecified atom stereocenters. The maximum absolute atomic E-state index is 3.48. The third kappa shape index (κ3) is 4.06. The topological polar surface area (TPSA) is 18.5 Å². The maximum Gasteiger partial charge on any atom is 0.0234 e. The van der Waals surface area contributed by atoms with Crippen LogP contribution in [0.4, 0.5) is 0 Å². The molecule has 1 saturated heterocycles. The molecule has 2 fully saturated rings. The summed E-state index contributed by atoms with van der Waals surface area (Å²) in [7, 11) is 2.12. The molecule has 1 aromatic carbocycles. The molecule has 3 nitrogen and oxygen atoms in total. The first-order valence-corrected chi connectivity index (χ1v) is 8.53. The van der Waals surface area contributed by atoms with Gasteiger partial charge >= 0.3 is 0 Å². The fourth-order valence-electron chi connectivity index (χ4n) is 3.89. The predicted molar refractivity (Wildman–Crippen MR) is 88.4 cm³/mol. The minimum atomic E-state index is 0.742. The summed E-state index contributed by atoms with van der Waals surface area (Å²) < 4.78 is 0. The fourth-order valence-corrected chi connectivity index (χ4v) is 3.89. The van der Waals surface area contributed by atoms with Gasteiger partial charge in [-0.2, -0.15) is 0 Å². The Balaban J connectivity index is 1.46. The lowest BCUT2D eigenvalue weighted by Gasteiger charge is -2.42. The monoisotopic (exact) mass is 287 g/mol. The van der Waals surface area contributed by atoms with Crippen molar-refractivity contribution in [3.05, 3.63) is 35.9 Å². The molecule has 3 rings (SSSR count). The van der Waals surface area contributed by atoms with Crippen molar-refractivity contribution in [2.24, 2.45) is 0 Å².